The van der Waals surface area contributed by atoms with Crippen LogP contribution in [0.25, 0.3) is 17.0 Å². The van der Waals surface area contributed by atoms with E-state index in [9.17, 15) is 22.8 Å². The molecule has 8 nitrogen and oxygen atoms in total. The Morgan fingerprint density at radius 3 is 2.56 bits per heavy atom. The zero-order chi connectivity index (χ0) is 25.9. The molecule has 2 aromatic heterocycles. The predicted molar refractivity (Wildman–Crippen MR) is 124 cm³/mol. The lowest BCUT2D eigenvalue weighted by atomic mass is 10.0. The number of aromatic amines is 1. The van der Waals surface area contributed by atoms with Gasteiger partial charge in [0.25, 0.3) is 0 Å². The van der Waals surface area contributed by atoms with E-state index in [1.165, 1.54) is 12.1 Å². The fourth-order valence-electron chi connectivity index (χ4n) is 3.52. The number of alkyl halides is 3. The molecule has 4 aromatic rings. The standard InChI is InChI=1S/C25H22F3N3O5/c1-3-16(11-12-31-23(32)30-24(33)36-31)18-5-4-6-20(13-18)34-14-21-15(2)35-22(29-21)17-7-9-19(10-8-17)25(26,27)28/h4-11,13H,3,12,14H2,1-2H3,(H,30,32,33)/b16-11+. The number of benzene rings is 2. The molecule has 4 rings (SSSR count). The molecule has 11 heteroatoms. The fourth-order valence-corrected chi connectivity index (χ4v) is 3.52. The molecule has 2 heterocycles. The summed E-state index contributed by atoms with van der Waals surface area (Å²) in [5.41, 5.74) is 1.35. The zero-order valence-corrected chi connectivity index (χ0v) is 19.4. The Bertz CT molecular complexity index is 1490. The normalized spacial score (nSPS) is 12.2. The Hall–Kier alpha value is -4.28. The fraction of sp³-hybridized carbons (Fsp3) is 0.240. The molecule has 0 aliphatic rings. The number of allylic oxidation sites excluding steroid dienone is 2. The lowest BCUT2D eigenvalue weighted by Crippen LogP contribution is -2.16. The van der Waals surface area contributed by atoms with Gasteiger partial charge in [-0.25, -0.2) is 19.6 Å². The van der Waals surface area contributed by atoms with Crippen LogP contribution in [-0.4, -0.2) is 14.7 Å². The summed E-state index contributed by atoms with van der Waals surface area (Å²) in [6.45, 7) is 3.84. The monoisotopic (exact) mass is 501 g/mol. The number of H-pyrrole nitrogens is 1. The van der Waals surface area contributed by atoms with Gasteiger partial charge in [0.2, 0.25) is 5.89 Å². The Morgan fingerprint density at radius 1 is 1.17 bits per heavy atom. The van der Waals surface area contributed by atoms with E-state index in [4.69, 9.17) is 13.7 Å². The highest BCUT2D eigenvalue weighted by Crippen LogP contribution is 2.31. The maximum Gasteiger partial charge on any atom is 0.440 e. The molecular formula is C25H22F3N3O5. The molecule has 0 amide bonds. The minimum absolute atomic E-state index is 0.0918. The number of nitrogens with zero attached hydrogens (tertiary/aromatic N) is 2. The van der Waals surface area contributed by atoms with Crippen molar-refractivity contribution in [2.75, 3.05) is 0 Å². The summed E-state index contributed by atoms with van der Waals surface area (Å²) in [6.07, 6.45) is -1.97. The van der Waals surface area contributed by atoms with Crippen LogP contribution in [0.15, 0.2) is 73.1 Å². The van der Waals surface area contributed by atoms with Gasteiger partial charge in [0.05, 0.1) is 12.1 Å². The number of aromatic nitrogens is 3. The van der Waals surface area contributed by atoms with Crippen molar-refractivity contribution in [3.05, 3.63) is 98.2 Å². The maximum absolute atomic E-state index is 12.8. The number of oxazole rings is 1. The minimum Gasteiger partial charge on any atom is -0.487 e. The molecule has 0 aliphatic carbocycles. The first-order valence-electron chi connectivity index (χ1n) is 11.0. The van der Waals surface area contributed by atoms with Crippen LogP contribution in [0.2, 0.25) is 0 Å². The third-order valence-corrected chi connectivity index (χ3v) is 5.45. The van der Waals surface area contributed by atoms with Crippen molar-refractivity contribution >= 4 is 5.57 Å². The van der Waals surface area contributed by atoms with Gasteiger partial charge in [-0.05, 0) is 60.9 Å². The number of hydrogen-bond donors (Lipinski definition) is 1. The summed E-state index contributed by atoms with van der Waals surface area (Å²) in [6, 6.07) is 11.9. The predicted octanol–water partition coefficient (Wildman–Crippen LogP) is 5.18. The second kappa shape index (κ2) is 10.1. The Balaban J connectivity index is 1.46. The van der Waals surface area contributed by atoms with Crippen LogP contribution in [0, 0.1) is 6.92 Å². The number of hydrogen-bond acceptors (Lipinski definition) is 6. The zero-order valence-electron chi connectivity index (χ0n) is 19.4. The minimum atomic E-state index is -4.42. The van der Waals surface area contributed by atoms with Crippen LogP contribution < -0.4 is 16.2 Å². The van der Waals surface area contributed by atoms with Gasteiger partial charge in [-0.3, -0.25) is 0 Å². The molecule has 36 heavy (non-hydrogen) atoms. The van der Waals surface area contributed by atoms with Crippen LogP contribution in [0.3, 0.4) is 0 Å². The van der Waals surface area contributed by atoms with Crippen molar-refractivity contribution in [2.45, 2.75) is 39.6 Å². The summed E-state index contributed by atoms with van der Waals surface area (Å²) in [4.78, 5) is 29.2. The number of halogens is 3. The van der Waals surface area contributed by atoms with Gasteiger partial charge in [0, 0.05) is 5.56 Å². The van der Waals surface area contributed by atoms with E-state index in [0.29, 0.717) is 29.2 Å². The van der Waals surface area contributed by atoms with Crippen LogP contribution in [0.5, 0.6) is 5.75 Å². The van der Waals surface area contributed by atoms with Crippen molar-refractivity contribution in [2.24, 2.45) is 0 Å². The van der Waals surface area contributed by atoms with E-state index in [2.05, 4.69) is 4.98 Å². The number of rotatable bonds is 8. The molecule has 0 atom stereocenters. The molecule has 0 aliphatic heterocycles. The van der Waals surface area contributed by atoms with Gasteiger partial charge in [-0.15, -0.1) is 4.74 Å². The SMILES string of the molecule is CC/C(=C\Cn1oc(=O)[nH]c1=O)c1cccc(OCc2nc(-c3ccc(C(F)(F)F)cc3)oc2C)c1. The second-order valence-electron chi connectivity index (χ2n) is 7.87. The molecule has 2 aromatic carbocycles. The average molecular weight is 501 g/mol. The first-order chi connectivity index (χ1) is 17.1. The van der Waals surface area contributed by atoms with Crippen molar-refractivity contribution in [3.8, 4) is 17.2 Å². The quantitative estimate of drug-likeness (QED) is 0.357. The molecule has 1 N–H and O–H groups in total. The first kappa shape index (κ1) is 24.8. The van der Waals surface area contributed by atoms with Crippen molar-refractivity contribution in [1.29, 1.82) is 0 Å². The van der Waals surface area contributed by atoms with E-state index in [-0.39, 0.29) is 19.0 Å². The highest BCUT2D eigenvalue weighted by atomic mass is 19.4. The number of nitrogens with one attached hydrogen (secondary N) is 1. The molecule has 0 saturated carbocycles. The maximum atomic E-state index is 12.8. The van der Waals surface area contributed by atoms with Crippen LogP contribution in [0.1, 0.15) is 35.9 Å². The highest BCUT2D eigenvalue weighted by molar-refractivity contribution is 5.66. The van der Waals surface area contributed by atoms with Crippen LogP contribution >= 0.6 is 0 Å². The highest BCUT2D eigenvalue weighted by Gasteiger charge is 2.30. The largest absolute Gasteiger partial charge is 0.487 e. The lowest BCUT2D eigenvalue weighted by Gasteiger charge is -2.09. The molecule has 0 unspecified atom stereocenters. The Labute approximate surface area is 202 Å². The van der Waals surface area contributed by atoms with E-state index in [0.717, 1.165) is 28.0 Å². The van der Waals surface area contributed by atoms with E-state index < -0.39 is 23.2 Å². The Morgan fingerprint density at radius 2 is 1.92 bits per heavy atom. The van der Waals surface area contributed by atoms with Crippen molar-refractivity contribution in [1.82, 2.24) is 14.7 Å². The van der Waals surface area contributed by atoms with Gasteiger partial charge < -0.3 is 13.7 Å². The first-order valence-corrected chi connectivity index (χ1v) is 11.0. The summed E-state index contributed by atoms with van der Waals surface area (Å²) in [5.74, 6) is 0.451. The number of aryl methyl sites for hydroxylation is 1. The van der Waals surface area contributed by atoms with Crippen molar-refractivity contribution < 1.29 is 26.8 Å². The molecule has 0 fully saturated rings. The topological polar surface area (TPSA) is 103 Å². The van der Waals surface area contributed by atoms with Gasteiger partial charge in [-0.2, -0.15) is 13.2 Å². The summed E-state index contributed by atoms with van der Waals surface area (Å²) in [5, 5.41) is 0. The summed E-state index contributed by atoms with van der Waals surface area (Å²) < 4.78 is 55.6. The van der Waals surface area contributed by atoms with Gasteiger partial charge >= 0.3 is 17.6 Å². The van der Waals surface area contributed by atoms with Gasteiger partial charge in [0.1, 0.15) is 23.8 Å². The molecule has 0 saturated heterocycles. The molecule has 0 spiro atoms. The Kier molecular flexibility index (Phi) is 7.00. The van der Waals surface area contributed by atoms with Gasteiger partial charge in [0.15, 0.2) is 0 Å². The van der Waals surface area contributed by atoms with Gasteiger partial charge in [-0.1, -0.05) is 25.1 Å². The molecule has 188 valence electrons. The van der Waals surface area contributed by atoms with Crippen molar-refractivity contribution in [3.63, 3.8) is 0 Å². The average Bonchev–Trinajstić information content (AvgIpc) is 3.38. The molecule has 0 radical (unpaired) electrons. The number of ether oxygens (including phenoxy) is 1. The molecule has 0 bridgehead atoms. The summed E-state index contributed by atoms with van der Waals surface area (Å²) >= 11 is 0. The molecular weight excluding hydrogens is 479 g/mol. The third kappa shape index (κ3) is 5.68. The lowest BCUT2D eigenvalue weighted by molar-refractivity contribution is -0.137. The third-order valence-electron chi connectivity index (χ3n) is 5.45. The summed E-state index contributed by atoms with van der Waals surface area (Å²) in [7, 11) is 0. The second-order valence-corrected chi connectivity index (χ2v) is 7.87. The smallest absolute Gasteiger partial charge is 0.440 e. The van der Waals surface area contributed by atoms with Crippen LogP contribution in [-0.2, 0) is 19.3 Å². The van der Waals surface area contributed by atoms with E-state index >= 15 is 0 Å². The van der Waals surface area contributed by atoms with E-state index in [1.807, 2.05) is 30.1 Å². The van der Waals surface area contributed by atoms with Crippen LogP contribution in [0.4, 0.5) is 13.2 Å². The van der Waals surface area contributed by atoms with E-state index in [1.54, 1.807) is 19.1 Å².